The molecule has 8 nitrogen and oxygen atoms in total. The molecule has 2 heterocycles. The van der Waals surface area contributed by atoms with Gasteiger partial charge < -0.3 is 10.1 Å². The van der Waals surface area contributed by atoms with Crippen LogP contribution in [0.25, 0.3) is 0 Å². The Labute approximate surface area is 125 Å². The molecule has 0 aliphatic rings. The van der Waals surface area contributed by atoms with Crippen molar-refractivity contribution in [2.75, 3.05) is 19.0 Å². The van der Waals surface area contributed by atoms with E-state index >= 15 is 0 Å². The quantitative estimate of drug-likeness (QED) is 0.785. The highest BCUT2D eigenvalue weighted by atomic mass is 32.1. The van der Waals surface area contributed by atoms with Crippen LogP contribution >= 0.6 is 11.5 Å². The Morgan fingerprint density at radius 2 is 2.43 bits per heavy atom. The first-order valence-electron chi connectivity index (χ1n) is 6.20. The van der Waals surface area contributed by atoms with Crippen molar-refractivity contribution in [1.82, 2.24) is 19.4 Å². The Morgan fingerprint density at radius 3 is 3.14 bits per heavy atom. The molecule has 0 spiro atoms. The van der Waals surface area contributed by atoms with Gasteiger partial charge in [-0.3, -0.25) is 4.79 Å². The zero-order chi connectivity index (χ0) is 15.2. The first kappa shape index (κ1) is 14.9. The molecule has 0 amide bonds. The molecule has 0 saturated carbocycles. The van der Waals surface area contributed by atoms with Gasteiger partial charge in [0.15, 0.2) is 0 Å². The Kier molecular flexibility index (Phi) is 4.84. The lowest BCUT2D eigenvalue weighted by Gasteiger charge is -2.01. The van der Waals surface area contributed by atoms with Crippen LogP contribution in [0.15, 0.2) is 6.20 Å². The van der Waals surface area contributed by atoms with Crippen molar-refractivity contribution in [3.8, 4) is 6.07 Å². The molecule has 0 fully saturated rings. The molecule has 9 heteroatoms. The average Bonchev–Trinajstić information content (AvgIpc) is 3.06. The van der Waals surface area contributed by atoms with Gasteiger partial charge in [-0.05, 0) is 18.5 Å². The van der Waals surface area contributed by atoms with E-state index in [0.29, 0.717) is 18.5 Å². The number of nitrogens with zero attached hydrogens (tertiary/aromatic N) is 5. The molecule has 0 aliphatic heterocycles. The number of carbonyl (C=O) groups excluding carboxylic acids is 1. The second-order valence-corrected chi connectivity index (χ2v) is 5.02. The number of hydrogen-bond acceptors (Lipinski definition) is 8. The van der Waals surface area contributed by atoms with Gasteiger partial charge in [0, 0.05) is 19.2 Å². The van der Waals surface area contributed by atoms with Gasteiger partial charge in [0.2, 0.25) is 0 Å². The van der Waals surface area contributed by atoms with E-state index < -0.39 is 0 Å². The Morgan fingerprint density at radius 1 is 1.62 bits per heavy atom. The maximum atomic E-state index is 11.1. The van der Waals surface area contributed by atoms with Crippen molar-refractivity contribution in [2.45, 2.75) is 19.9 Å². The van der Waals surface area contributed by atoms with Crippen LogP contribution in [0, 0.1) is 18.3 Å². The minimum atomic E-state index is -0.372. The van der Waals surface area contributed by atoms with Gasteiger partial charge in [-0.2, -0.15) is 9.64 Å². The molecule has 0 saturated heterocycles. The Hall–Kier alpha value is -2.47. The van der Waals surface area contributed by atoms with E-state index in [1.807, 2.05) is 0 Å². The van der Waals surface area contributed by atoms with E-state index in [-0.39, 0.29) is 12.5 Å². The Balaban J connectivity index is 1.86. The first-order chi connectivity index (χ1) is 10.1. The average molecular weight is 306 g/mol. The fourth-order valence-corrected chi connectivity index (χ4v) is 2.42. The fourth-order valence-electron chi connectivity index (χ4n) is 1.65. The van der Waals surface area contributed by atoms with Gasteiger partial charge in [0.25, 0.3) is 0 Å². The third kappa shape index (κ3) is 3.76. The van der Waals surface area contributed by atoms with Gasteiger partial charge >= 0.3 is 5.97 Å². The summed E-state index contributed by atoms with van der Waals surface area (Å²) in [6.45, 7) is 2.45. The van der Waals surface area contributed by atoms with Crippen molar-refractivity contribution < 1.29 is 9.53 Å². The molecule has 2 rings (SSSR count). The number of nitriles is 1. The van der Waals surface area contributed by atoms with Crippen LogP contribution < -0.4 is 5.32 Å². The molecule has 0 aliphatic carbocycles. The summed E-state index contributed by atoms with van der Waals surface area (Å²) in [4.78, 5) is 11.1. The van der Waals surface area contributed by atoms with Crippen LogP contribution in [-0.4, -0.2) is 39.0 Å². The van der Waals surface area contributed by atoms with E-state index in [1.54, 1.807) is 13.1 Å². The second-order valence-electron chi connectivity index (χ2n) is 4.24. The summed E-state index contributed by atoms with van der Waals surface area (Å²) in [5, 5.41) is 20.8. The summed E-state index contributed by atoms with van der Waals surface area (Å²) in [7, 11) is 1.33. The standard InChI is InChI=1S/C12H14N6O2S/c1-8-10(5-13)12(21-16-8)14-4-3-9-6-18(17-15-9)7-11(19)20-2/h6,14H,3-4,7H2,1-2H3. The number of hydrogen-bond donors (Lipinski definition) is 1. The number of anilines is 1. The highest BCUT2D eigenvalue weighted by Gasteiger charge is 2.10. The second kappa shape index (κ2) is 6.81. The van der Waals surface area contributed by atoms with E-state index in [2.05, 4.69) is 30.8 Å². The molecule has 0 aromatic carbocycles. The lowest BCUT2D eigenvalue weighted by molar-refractivity contribution is -0.141. The van der Waals surface area contributed by atoms with E-state index in [0.717, 1.165) is 16.4 Å². The van der Waals surface area contributed by atoms with E-state index in [1.165, 1.54) is 23.3 Å². The van der Waals surface area contributed by atoms with Gasteiger partial charge in [-0.1, -0.05) is 5.21 Å². The summed E-state index contributed by atoms with van der Waals surface area (Å²) in [5.74, 6) is -0.372. The maximum Gasteiger partial charge on any atom is 0.327 e. The molecule has 2 aromatic heterocycles. The highest BCUT2D eigenvalue weighted by Crippen LogP contribution is 2.22. The Bertz CT molecular complexity index is 672. The van der Waals surface area contributed by atoms with Crippen molar-refractivity contribution in [3.05, 3.63) is 23.1 Å². The van der Waals surface area contributed by atoms with Gasteiger partial charge in [0.05, 0.1) is 18.5 Å². The summed E-state index contributed by atoms with van der Waals surface area (Å²) >= 11 is 1.27. The lowest BCUT2D eigenvalue weighted by atomic mass is 10.2. The number of esters is 1. The molecule has 2 aromatic rings. The van der Waals surface area contributed by atoms with Crippen molar-refractivity contribution in [1.29, 1.82) is 5.26 Å². The first-order valence-corrected chi connectivity index (χ1v) is 6.97. The highest BCUT2D eigenvalue weighted by molar-refractivity contribution is 7.10. The van der Waals surface area contributed by atoms with Crippen molar-refractivity contribution >= 4 is 22.5 Å². The smallest absolute Gasteiger partial charge is 0.327 e. The molecule has 1 N–H and O–H groups in total. The predicted octanol–water partition coefficient (Wildman–Crippen LogP) is 0.742. The number of aryl methyl sites for hydroxylation is 1. The fraction of sp³-hybridized carbons (Fsp3) is 0.417. The normalized spacial score (nSPS) is 10.1. The third-order valence-electron chi connectivity index (χ3n) is 2.75. The number of carbonyl (C=O) groups is 1. The number of ether oxygens (including phenoxy) is 1. The summed E-state index contributed by atoms with van der Waals surface area (Å²) in [5.41, 5.74) is 2.06. The number of aromatic nitrogens is 4. The molecule has 0 radical (unpaired) electrons. The summed E-state index contributed by atoms with van der Waals surface area (Å²) in [6, 6.07) is 2.13. The lowest BCUT2D eigenvalue weighted by Crippen LogP contribution is -2.11. The minimum absolute atomic E-state index is 0.0452. The number of nitrogens with one attached hydrogen (secondary N) is 1. The van der Waals surface area contributed by atoms with E-state index in [4.69, 9.17) is 5.26 Å². The zero-order valence-corrected chi connectivity index (χ0v) is 12.5. The molecular weight excluding hydrogens is 292 g/mol. The summed E-state index contributed by atoms with van der Waals surface area (Å²) in [6.07, 6.45) is 2.32. The van der Waals surface area contributed by atoms with Crippen molar-refractivity contribution in [3.63, 3.8) is 0 Å². The molecule has 0 unspecified atom stereocenters. The topological polar surface area (TPSA) is 106 Å². The monoisotopic (exact) mass is 306 g/mol. The molecule has 110 valence electrons. The van der Waals surface area contributed by atoms with Crippen LogP contribution in [0.2, 0.25) is 0 Å². The van der Waals surface area contributed by atoms with Crippen LogP contribution in [0.4, 0.5) is 5.00 Å². The van der Waals surface area contributed by atoms with Crippen LogP contribution in [-0.2, 0) is 22.5 Å². The molecule has 21 heavy (non-hydrogen) atoms. The van der Waals surface area contributed by atoms with Crippen LogP contribution in [0.1, 0.15) is 17.0 Å². The number of rotatable bonds is 6. The molecular formula is C12H14N6O2S. The minimum Gasteiger partial charge on any atom is -0.468 e. The molecule has 0 atom stereocenters. The third-order valence-corrected chi connectivity index (χ3v) is 3.64. The summed E-state index contributed by atoms with van der Waals surface area (Å²) < 4.78 is 10.1. The maximum absolute atomic E-state index is 11.1. The van der Waals surface area contributed by atoms with Gasteiger partial charge in [-0.15, -0.1) is 5.10 Å². The van der Waals surface area contributed by atoms with E-state index in [9.17, 15) is 4.79 Å². The van der Waals surface area contributed by atoms with Crippen LogP contribution in [0.5, 0.6) is 0 Å². The van der Waals surface area contributed by atoms with Crippen molar-refractivity contribution in [2.24, 2.45) is 0 Å². The predicted molar refractivity (Wildman–Crippen MR) is 75.8 cm³/mol. The molecule has 0 bridgehead atoms. The van der Waals surface area contributed by atoms with Gasteiger partial charge in [0.1, 0.15) is 23.2 Å². The SMILES string of the molecule is COC(=O)Cn1cc(CCNc2snc(C)c2C#N)nn1. The number of methoxy groups -OCH3 is 1. The van der Waals surface area contributed by atoms with Gasteiger partial charge in [-0.25, -0.2) is 4.68 Å². The zero-order valence-electron chi connectivity index (χ0n) is 11.7. The largest absolute Gasteiger partial charge is 0.468 e. The van der Waals surface area contributed by atoms with Crippen LogP contribution in [0.3, 0.4) is 0 Å².